The fourth-order valence-electron chi connectivity index (χ4n) is 3.54. The minimum atomic E-state index is -0.572. The summed E-state index contributed by atoms with van der Waals surface area (Å²) in [6.45, 7) is 0. The fraction of sp³-hybridized carbons (Fsp3) is 0.588. The maximum absolute atomic E-state index is 14.0. The number of benzene rings is 1. The number of carbonyl (C=O) groups excluding carboxylic acids is 1. The Labute approximate surface area is 120 Å². The molecule has 2 saturated carbocycles. The molecule has 1 amide bonds. The molecule has 0 unspecified atom stereocenters. The van der Waals surface area contributed by atoms with Crippen LogP contribution in [0.3, 0.4) is 0 Å². The molecule has 1 aromatic rings. The smallest absolute Gasteiger partial charge is 0.233 e. The van der Waals surface area contributed by atoms with Crippen LogP contribution in [0.1, 0.15) is 50.5 Å². The van der Waals surface area contributed by atoms with Crippen LogP contribution in [-0.2, 0) is 10.2 Å². The first-order valence-corrected chi connectivity index (χ1v) is 7.67. The molecule has 0 aromatic heterocycles. The van der Waals surface area contributed by atoms with Crippen molar-refractivity contribution < 1.29 is 9.18 Å². The summed E-state index contributed by atoms with van der Waals surface area (Å²) in [5, 5.41) is 0. The molecule has 0 N–H and O–H groups in total. The quantitative estimate of drug-likeness (QED) is 0.824. The van der Waals surface area contributed by atoms with E-state index in [0.717, 1.165) is 25.7 Å². The van der Waals surface area contributed by atoms with Crippen molar-refractivity contribution in [1.82, 2.24) is 4.90 Å². The van der Waals surface area contributed by atoms with E-state index in [0.29, 0.717) is 11.6 Å². The number of amides is 1. The highest BCUT2D eigenvalue weighted by Crippen LogP contribution is 2.50. The highest BCUT2D eigenvalue weighted by atomic mass is 19.1. The molecule has 2 nitrogen and oxygen atoms in total. The van der Waals surface area contributed by atoms with Gasteiger partial charge < -0.3 is 4.90 Å². The molecule has 2 aliphatic carbocycles. The lowest BCUT2D eigenvalue weighted by Gasteiger charge is -2.34. The van der Waals surface area contributed by atoms with Gasteiger partial charge in [0, 0.05) is 18.7 Å². The van der Waals surface area contributed by atoms with Crippen LogP contribution in [0.25, 0.3) is 0 Å². The van der Waals surface area contributed by atoms with Gasteiger partial charge in [0.2, 0.25) is 5.91 Å². The van der Waals surface area contributed by atoms with Gasteiger partial charge >= 0.3 is 0 Å². The van der Waals surface area contributed by atoms with Crippen molar-refractivity contribution in [3.63, 3.8) is 0 Å². The molecular formula is C17H22FNO. The average Bonchev–Trinajstić information content (AvgIpc) is 3.29. The standard InChI is InChI=1S/C17H22FNO/c1-19(13-7-3-2-4-8-13)16(20)17(11-12-17)14-9-5-6-10-15(14)18/h5-6,9-10,13H,2-4,7-8,11-12H2,1H3. The van der Waals surface area contributed by atoms with Crippen LogP contribution in [0.5, 0.6) is 0 Å². The molecule has 2 fully saturated rings. The summed E-state index contributed by atoms with van der Waals surface area (Å²) in [7, 11) is 1.90. The molecule has 2 aliphatic rings. The predicted octanol–water partition coefficient (Wildman–Crippen LogP) is 3.65. The highest BCUT2D eigenvalue weighted by Gasteiger charge is 2.54. The van der Waals surface area contributed by atoms with Crippen molar-refractivity contribution in [2.45, 2.75) is 56.4 Å². The summed E-state index contributed by atoms with van der Waals surface area (Å²) in [5.74, 6) is -0.120. The molecule has 108 valence electrons. The van der Waals surface area contributed by atoms with Crippen LogP contribution in [0, 0.1) is 5.82 Å². The second-order valence-corrected chi connectivity index (χ2v) is 6.27. The monoisotopic (exact) mass is 275 g/mol. The van der Waals surface area contributed by atoms with E-state index in [4.69, 9.17) is 0 Å². The van der Waals surface area contributed by atoms with Crippen molar-refractivity contribution in [2.75, 3.05) is 7.05 Å². The lowest BCUT2D eigenvalue weighted by Crippen LogP contribution is -2.44. The summed E-state index contributed by atoms with van der Waals surface area (Å²) in [5.41, 5.74) is 0.0185. The Kier molecular flexibility index (Phi) is 3.53. The van der Waals surface area contributed by atoms with Crippen LogP contribution in [0.4, 0.5) is 4.39 Å². The van der Waals surface area contributed by atoms with Crippen molar-refractivity contribution >= 4 is 5.91 Å². The van der Waals surface area contributed by atoms with Crippen molar-refractivity contribution in [1.29, 1.82) is 0 Å². The molecule has 0 spiro atoms. The van der Waals surface area contributed by atoms with Crippen molar-refractivity contribution in [3.8, 4) is 0 Å². The van der Waals surface area contributed by atoms with Gasteiger partial charge in [0.15, 0.2) is 0 Å². The van der Waals surface area contributed by atoms with Crippen LogP contribution < -0.4 is 0 Å². The number of carbonyl (C=O) groups is 1. The molecule has 0 atom stereocenters. The van der Waals surface area contributed by atoms with Gasteiger partial charge in [0.1, 0.15) is 5.82 Å². The number of nitrogens with zero attached hydrogens (tertiary/aromatic N) is 1. The second-order valence-electron chi connectivity index (χ2n) is 6.27. The molecule has 0 aliphatic heterocycles. The van der Waals surface area contributed by atoms with Gasteiger partial charge in [-0.3, -0.25) is 4.79 Å². The third-order valence-electron chi connectivity index (χ3n) is 4.99. The summed E-state index contributed by atoms with van der Waals surface area (Å²) in [4.78, 5) is 14.7. The Morgan fingerprint density at radius 1 is 1.20 bits per heavy atom. The van der Waals surface area contributed by atoms with Gasteiger partial charge in [-0.15, -0.1) is 0 Å². The molecule has 0 bridgehead atoms. The topological polar surface area (TPSA) is 20.3 Å². The maximum atomic E-state index is 14.0. The normalized spacial score (nSPS) is 21.5. The third-order valence-corrected chi connectivity index (χ3v) is 4.99. The van der Waals surface area contributed by atoms with E-state index >= 15 is 0 Å². The van der Waals surface area contributed by atoms with E-state index < -0.39 is 5.41 Å². The van der Waals surface area contributed by atoms with E-state index in [1.807, 2.05) is 18.0 Å². The number of halogens is 1. The lowest BCUT2D eigenvalue weighted by molar-refractivity contribution is -0.135. The summed E-state index contributed by atoms with van der Waals surface area (Å²) in [6, 6.07) is 7.09. The van der Waals surface area contributed by atoms with Crippen LogP contribution in [0.15, 0.2) is 24.3 Å². The summed E-state index contributed by atoms with van der Waals surface area (Å²) < 4.78 is 14.0. The van der Waals surface area contributed by atoms with Gasteiger partial charge in [-0.1, -0.05) is 37.5 Å². The third kappa shape index (κ3) is 2.23. The fourth-order valence-corrected chi connectivity index (χ4v) is 3.54. The van der Waals surface area contributed by atoms with E-state index in [2.05, 4.69) is 0 Å². The highest BCUT2D eigenvalue weighted by molar-refractivity contribution is 5.91. The van der Waals surface area contributed by atoms with Gasteiger partial charge in [0.05, 0.1) is 5.41 Å². The predicted molar refractivity (Wildman–Crippen MR) is 77.0 cm³/mol. The van der Waals surface area contributed by atoms with Crippen LogP contribution >= 0.6 is 0 Å². The Morgan fingerprint density at radius 3 is 2.45 bits per heavy atom. The van der Waals surface area contributed by atoms with Crippen molar-refractivity contribution in [3.05, 3.63) is 35.6 Å². The molecule has 0 saturated heterocycles. The Balaban J connectivity index is 1.81. The SMILES string of the molecule is CN(C(=O)C1(c2ccccc2F)CC1)C1CCCCC1. The largest absolute Gasteiger partial charge is 0.342 e. The minimum absolute atomic E-state index is 0.120. The Morgan fingerprint density at radius 2 is 1.85 bits per heavy atom. The van der Waals surface area contributed by atoms with E-state index in [1.165, 1.54) is 25.3 Å². The summed E-state index contributed by atoms with van der Waals surface area (Å²) in [6.07, 6.45) is 7.43. The first kappa shape index (κ1) is 13.6. The van der Waals surface area contributed by atoms with E-state index in [-0.39, 0.29) is 11.7 Å². The molecule has 1 aromatic carbocycles. The van der Waals surface area contributed by atoms with Gasteiger partial charge in [-0.25, -0.2) is 4.39 Å². The van der Waals surface area contributed by atoms with Crippen LogP contribution in [-0.4, -0.2) is 23.9 Å². The van der Waals surface area contributed by atoms with E-state index in [9.17, 15) is 9.18 Å². The van der Waals surface area contributed by atoms with Gasteiger partial charge in [-0.2, -0.15) is 0 Å². The van der Waals surface area contributed by atoms with Crippen molar-refractivity contribution in [2.24, 2.45) is 0 Å². The van der Waals surface area contributed by atoms with Gasteiger partial charge in [0.25, 0.3) is 0 Å². The number of likely N-dealkylation sites (N-methyl/N-ethyl adjacent to an activating group) is 1. The van der Waals surface area contributed by atoms with Crippen LogP contribution in [0.2, 0.25) is 0 Å². The molecule has 3 rings (SSSR count). The number of hydrogen-bond acceptors (Lipinski definition) is 1. The Hall–Kier alpha value is -1.38. The molecule has 0 radical (unpaired) electrons. The molecule has 20 heavy (non-hydrogen) atoms. The average molecular weight is 275 g/mol. The first-order chi connectivity index (χ1) is 9.65. The molecular weight excluding hydrogens is 253 g/mol. The zero-order valence-corrected chi connectivity index (χ0v) is 12.1. The number of rotatable bonds is 3. The zero-order valence-electron chi connectivity index (χ0n) is 12.1. The van der Waals surface area contributed by atoms with E-state index in [1.54, 1.807) is 12.1 Å². The molecule has 3 heteroatoms. The summed E-state index contributed by atoms with van der Waals surface area (Å²) >= 11 is 0. The van der Waals surface area contributed by atoms with Gasteiger partial charge in [-0.05, 0) is 31.7 Å². The minimum Gasteiger partial charge on any atom is -0.342 e. The Bertz CT molecular complexity index is 503. The first-order valence-electron chi connectivity index (χ1n) is 7.67. The zero-order chi connectivity index (χ0) is 14.2. The lowest BCUT2D eigenvalue weighted by atomic mass is 9.90. The maximum Gasteiger partial charge on any atom is 0.233 e. The molecule has 0 heterocycles. The second kappa shape index (κ2) is 5.19. The number of hydrogen-bond donors (Lipinski definition) is 0.